The van der Waals surface area contributed by atoms with Crippen LogP contribution in [-0.4, -0.2) is 53.6 Å². The summed E-state index contributed by atoms with van der Waals surface area (Å²) in [6.07, 6.45) is 8.45. The fourth-order valence-electron chi connectivity index (χ4n) is 4.49. The first-order chi connectivity index (χ1) is 10.2. The van der Waals surface area contributed by atoms with E-state index in [9.17, 15) is 4.79 Å². The number of carbonyl (C=O) groups excluding carboxylic acids is 1. The lowest BCUT2D eigenvalue weighted by atomic mass is 9.99. The lowest BCUT2D eigenvalue weighted by Gasteiger charge is -2.35. The van der Waals surface area contributed by atoms with Gasteiger partial charge in [-0.3, -0.25) is 0 Å². The second-order valence-electron chi connectivity index (χ2n) is 7.55. The van der Waals surface area contributed by atoms with Gasteiger partial charge < -0.3 is 15.1 Å². The minimum atomic E-state index is 0.347. The Morgan fingerprint density at radius 3 is 2.38 bits per heavy atom. The van der Waals surface area contributed by atoms with Crippen LogP contribution in [0.1, 0.15) is 58.8 Å². The van der Waals surface area contributed by atoms with E-state index in [2.05, 4.69) is 29.0 Å². The van der Waals surface area contributed by atoms with Crippen molar-refractivity contribution < 1.29 is 4.79 Å². The molecule has 1 unspecified atom stereocenters. The quantitative estimate of drug-likeness (QED) is 0.865. The van der Waals surface area contributed by atoms with Crippen LogP contribution in [0.2, 0.25) is 0 Å². The molecule has 120 valence electrons. The minimum Gasteiger partial charge on any atom is -0.320 e. The summed E-state index contributed by atoms with van der Waals surface area (Å²) in [5, 5.41) is 3.42. The molecule has 2 aliphatic heterocycles. The average Bonchev–Trinajstić information content (AvgIpc) is 3.07. The summed E-state index contributed by atoms with van der Waals surface area (Å²) in [5.41, 5.74) is 0. The van der Waals surface area contributed by atoms with E-state index >= 15 is 0 Å². The molecule has 0 aromatic rings. The highest BCUT2D eigenvalue weighted by Crippen LogP contribution is 2.33. The van der Waals surface area contributed by atoms with Crippen LogP contribution < -0.4 is 5.32 Å². The molecule has 0 aromatic heterocycles. The molecule has 21 heavy (non-hydrogen) atoms. The zero-order valence-electron chi connectivity index (χ0n) is 13.7. The third kappa shape index (κ3) is 3.20. The number of nitrogens with one attached hydrogen (secondary N) is 1. The van der Waals surface area contributed by atoms with Gasteiger partial charge in [-0.2, -0.15) is 0 Å². The van der Waals surface area contributed by atoms with Gasteiger partial charge in [0, 0.05) is 18.6 Å². The molecule has 0 bridgehead atoms. The average molecular weight is 293 g/mol. The van der Waals surface area contributed by atoms with Crippen molar-refractivity contribution in [2.75, 3.05) is 19.6 Å². The minimum absolute atomic E-state index is 0.347. The molecule has 1 atom stereocenters. The van der Waals surface area contributed by atoms with E-state index in [-0.39, 0.29) is 0 Å². The molecule has 1 N–H and O–H groups in total. The van der Waals surface area contributed by atoms with E-state index in [1.165, 1.54) is 25.7 Å². The summed E-state index contributed by atoms with van der Waals surface area (Å²) < 4.78 is 0. The fraction of sp³-hybridized carbons (Fsp3) is 0.941. The Morgan fingerprint density at radius 1 is 1.10 bits per heavy atom. The van der Waals surface area contributed by atoms with E-state index in [1.54, 1.807) is 0 Å². The normalized spacial score (nSPS) is 29.1. The van der Waals surface area contributed by atoms with Crippen LogP contribution in [0.4, 0.5) is 4.79 Å². The third-order valence-corrected chi connectivity index (χ3v) is 5.48. The van der Waals surface area contributed by atoms with Gasteiger partial charge in [0.25, 0.3) is 0 Å². The van der Waals surface area contributed by atoms with Crippen LogP contribution in [-0.2, 0) is 0 Å². The monoisotopic (exact) mass is 293 g/mol. The van der Waals surface area contributed by atoms with Gasteiger partial charge in [0.1, 0.15) is 0 Å². The number of piperidine rings is 1. The number of nitrogens with zero attached hydrogens (tertiary/aromatic N) is 2. The smallest absolute Gasteiger partial charge is 0.320 e. The van der Waals surface area contributed by atoms with Crippen molar-refractivity contribution in [2.24, 2.45) is 5.92 Å². The molecule has 0 radical (unpaired) electrons. The number of urea groups is 1. The first kappa shape index (κ1) is 15.1. The van der Waals surface area contributed by atoms with Gasteiger partial charge in [0.05, 0.1) is 6.04 Å². The first-order valence-corrected chi connectivity index (χ1v) is 8.96. The molecule has 4 nitrogen and oxygen atoms in total. The molecule has 2 heterocycles. The van der Waals surface area contributed by atoms with E-state index in [1.807, 2.05) is 0 Å². The summed E-state index contributed by atoms with van der Waals surface area (Å²) in [6.45, 7) is 7.66. The van der Waals surface area contributed by atoms with Crippen molar-refractivity contribution in [1.29, 1.82) is 0 Å². The largest absolute Gasteiger partial charge is 0.320 e. The molecule has 2 amide bonds. The van der Waals surface area contributed by atoms with Gasteiger partial charge in [-0.25, -0.2) is 4.79 Å². The maximum atomic E-state index is 13.0. The standard InChI is InChI=1S/C17H31N3O/c1-13(2)11-16-12-19(14-5-3-4-6-14)17(21)20(16)15-7-9-18-10-8-15/h13-16,18H,3-12H2,1-2H3. The Labute approximate surface area is 129 Å². The van der Waals surface area contributed by atoms with Crippen molar-refractivity contribution in [2.45, 2.75) is 76.9 Å². The highest BCUT2D eigenvalue weighted by Gasteiger charge is 2.44. The lowest BCUT2D eigenvalue weighted by molar-refractivity contribution is 0.139. The fourth-order valence-corrected chi connectivity index (χ4v) is 4.49. The van der Waals surface area contributed by atoms with Gasteiger partial charge >= 0.3 is 6.03 Å². The SMILES string of the molecule is CC(C)CC1CN(C2CCCC2)C(=O)N1C1CCNCC1. The van der Waals surface area contributed by atoms with Crippen molar-refractivity contribution in [3.63, 3.8) is 0 Å². The highest BCUT2D eigenvalue weighted by atomic mass is 16.2. The maximum absolute atomic E-state index is 13.0. The van der Waals surface area contributed by atoms with E-state index < -0.39 is 0 Å². The molecular weight excluding hydrogens is 262 g/mol. The van der Waals surface area contributed by atoms with Crippen molar-refractivity contribution in [1.82, 2.24) is 15.1 Å². The Hall–Kier alpha value is -0.770. The Kier molecular flexibility index (Phi) is 4.72. The highest BCUT2D eigenvalue weighted by molar-refractivity contribution is 5.78. The van der Waals surface area contributed by atoms with Crippen molar-refractivity contribution >= 4 is 6.03 Å². The van der Waals surface area contributed by atoms with Crippen molar-refractivity contribution in [3.8, 4) is 0 Å². The third-order valence-electron chi connectivity index (χ3n) is 5.48. The number of hydrogen-bond donors (Lipinski definition) is 1. The molecule has 1 saturated carbocycles. The first-order valence-electron chi connectivity index (χ1n) is 8.96. The molecular formula is C17H31N3O. The van der Waals surface area contributed by atoms with E-state index in [0.717, 1.165) is 38.9 Å². The number of hydrogen-bond acceptors (Lipinski definition) is 2. The topological polar surface area (TPSA) is 35.6 Å². The summed E-state index contributed by atoms with van der Waals surface area (Å²) in [7, 11) is 0. The molecule has 1 aliphatic carbocycles. The summed E-state index contributed by atoms with van der Waals surface area (Å²) >= 11 is 0. The molecule has 0 spiro atoms. The van der Waals surface area contributed by atoms with E-state index in [0.29, 0.717) is 30.1 Å². The summed E-state index contributed by atoms with van der Waals surface area (Å²) in [5.74, 6) is 0.663. The maximum Gasteiger partial charge on any atom is 0.320 e. The predicted octanol–water partition coefficient (Wildman–Crippen LogP) is 2.83. The van der Waals surface area contributed by atoms with Gasteiger partial charge in [-0.05, 0) is 51.1 Å². The molecule has 3 fully saturated rings. The van der Waals surface area contributed by atoms with Gasteiger partial charge in [0.2, 0.25) is 0 Å². The molecule has 0 aromatic carbocycles. The summed E-state index contributed by atoms with van der Waals surface area (Å²) in [4.78, 5) is 17.5. The zero-order valence-corrected chi connectivity index (χ0v) is 13.7. The second-order valence-corrected chi connectivity index (χ2v) is 7.55. The number of amides is 2. The predicted molar refractivity (Wildman–Crippen MR) is 85.3 cm³/mol. The van der Waals surface area contributed by atoms with Gasteiger partial charge in [-0.15, -0.1) is 0 Å². The van der Waals surface area contributed by atoms with E-state index in [4.69, 9.17) is 0 Å². The zero-order chi connectivity index (χ0) is 14.8. The van der Waals surface area contributed by atoms with Crippen LogP contribution in [0.15, 0.2) is 0 Å². The molecule has 3 aliphatic rings. The molecule has 4 heteroatoms. The van der Waals surface area contributed by atoms with Gasteiger partial charge in [-0.1, -0.05) is 26.7 Å². The Morgan fingerprint density at radius 2 is 1.76 bits per heavy atom. The van der Waals surface area contributed by atoms with Crippen molar-refractivity contribution in [3.05, 3.63) is 0 Å². The Bertz CT molecular complexity index is 359. The van der Waals surface area contributed by atoms with Gasteiger partial charge in [0.15, 0.2) is 0 Å². The van der Waals surface area contributed by atoms with Crippen LogP contribution >= 0.6 is 0 Å². The van der Waals surface area contributed by atoms with Crippen LogP contribution in [0.25, 0.3) is 0 Å². The van der Waals surface area contributed by atoms with Crippen LogP contribution in [0, 0.1) is 5.92 Å². The summed E-state index contributed by atoms with van der Waals surface area (Å²) in [6, 6.07) is 1.79. The lowest BCUT2D eigenvalue weighted by Crippen LogP contribution is -2.49. The molecule has 3 rings (SSSR count). The molecule has 2 saturated heterocycles. The van der Waals surface area contributed by atoms with Crippen LogP contribution in [0.3, 0.4) is 0 Å². The Balaban J connectivity index is 1.74. The van der Waals surface area contributed by atoms with Crippen LogP contribution in [0.5, 0.6) is 0 Å². The number of carbonyl (C=O) groups is 1. The second kappa shape index (κ2) is 6.55. The number of rotatable bonds is 4.